The van der Waals surface area contributed by atoms with Crippen molar-refractivity contribution in [1.82, 2.24) is 14.5 Å². The zero-order valence-electron chi connectivity index (χ0n) is 10.8. The molecule has 0 aromatic carbocycles. The quantitative estimate of drug-likeness (QED) is 0.721. The molecule has 1 unspecified atom stereocenters. The number of carbonyl (C=O) groups is 1. The van der Waals surface area contributed by atoms with E-state index in [0.717, 1.165) is 25.5 Å². The molecule has 1 aromatic rings. The van der Waals surface area contributed by atoms with Gasteiger partial charge in [-0.3, -0.25) is 4.90 Å². The third-order valence-electron chi connectivity index (χ3n) is 3.12. The van der Waals surface area contributed by atoms with E-state index in [1.165, 1.54) is 7.11 Å². The Balaban J connectivity index is 1.95. The topological polar surface area (TPSA) is 56.6 Å². The van der Waals surface area contributed by atoms with Crippen LogP contribution in [0.1, 0.15) is 12.7 Å². The fourth-order valence-corrected chi connectivity index (χ4v) is 2.10. The predicted octanol–water partition coefficient (Wildman–Crippen LogP) is 0.277. The van der Waals surface area contributed by atoms with Gasteiger partial charge < -0.3 is 14.0 Å². The molecule has 1 saturated heterocycles. The van der Waals surface area contributed by atoms with Crippen LogP contribution in [-0.4, -0.2) is 53.3 Å². The van der Waals surface area contributed by atoms with Gasteiger partial charge >= 0.3 is 5.97 Å². The molecule has 0 bridgehead atoms. The van der Waals surface area contributed by atoms with Crippen LogP contribution < -0.4 is 0 Å². The number of hydrogen-bond acceptors (Lipinski definition) is 5. The summed E-state index contributed by atoms with van der Waals surface area (Å²) in [6, 6.07) is 0. The lowest BCUT2D eigenvalue weighted by molar-refractivity contribution is -0.160. The molecule has 1 aliphatic heterocycles. The lowest BCUT2D eigenvalue weighted by Crippen LogP contribution is -2.46. The van der Waals surface area contributed by atoms with Crippen LogP contribution in [0.4, 0.5) is 0 Å². The number of rotatable bonds is 4. The monoisotopic (exact) mass is 253 g/mol. The predicted molar refractivity (Wildman–Crippen MR) is 64.9 cm³/mol. The second-order valence-electron chi connectivity index (χ2n) is 4.25. The highest BCUT2D eigenvalue weighted by Crippen LogP contribution is 2.10. The summed E-state index contributed by atoms with van der Waals surface area (Å²) in [5, 5.41) is 0. The maximum absolute atomic E-state index is 11.4. The number of ether oxygens (including phenoxy) is 2. The molecular formula is C12H19N3O3. The maximum atomic E-state index is 11.4. The van der Waals surface area contributed by atoms with Crippen LogP contribution in [0.25, 0.3) is 0 Å². The average molecular weight is 253 g/mol. The largest absolute Gasteiger partial charge is 0.467 e. The Hall–Kier alpha value is -1.40. The van der Waals surface area contributed by atoms with E-state index in [-0.39, 0.29) is 5.97 Å². The molecule has 0 saturated carbocycles. The number of morpholine rings is 1. The van der Waals surface area contributed by atoms with Crippen molar-refractivity contribution in [3.8, 4) is 0 Å². The Morgan fingerprint density at radius 3 is 3.22 bits per heavy atom. The molecule has 1 aliphatic rings. The molecule has 6 heteroatoms. The summed E-state index contributed by atoms with van der Waals surface area (Å²) in [6.07, 6.45) is 3.29. The van der Waals surface area contributed by atoms with E-state index in [1.54, 1.807) is 6.20 Å². The molecule has 2 heterocycles. The van der Waals surface area contributed by atoms with Gasteiger partial charge in [-0.1, -0.05) is 0 Å². The van der Waals surface area contributed by atoms with Crippen LogP contribution >= 0.6 is 0 Å². The van der Waals surface area contributed by atoms with Crippen molar-refractivity contribution in [3.05, 3.63) is 18.2 Å². The average Bonchev–Trinajstić information content (AvgIpc) is 2.85. The van der Waals surface area contributed by atoms with Crippen molar-refractivity contribution >= 4 is 5.97 Å². The third-order valence-corrected chi connectivity index (χ3v) is 3.12. The third kappa shape index (κ3) is 2.88. The lowest BCUT2D eigenvalue weighted by Gasteiger charge is -2.31. The van der Waals surface area contributed by atoms with E-state index in [1.807, 2.05) is 6.20 Å². The number of esters is 1. The molecular weight excluding hydrogens is 234 g/mol. The van der Waals surface area contributed by atoms with E-state index in [9.17, 15) is 4.79 Å². The minimum absolute atomic E-state index is 0.307. The first kappa shape index (κ1) is 13.0. The van der Waals surface area contributed by atoms with Gasteiger partial charge in [0.2, 0.25) is 0 Å². The van der Waals surface area contributed by atoms with E-state index >= 15 is 0 Å². The molecule has 0 N–H and O–H groups in total. The highest BCUT2D eigenvalue weighted by molar-refractivity contribution is 5.74. The Kier molecular flexibility index (Phi) is 4.33. The maximum Gasteiger partial charge on any atom is 0.336 e. The first-order valence-corrected chi connectivity index (χ1v) is 6.16. The van der Waals surface area contributed by atoms with Crippen molar-refractivity contribution in [3.63, 3.8) is 0 Å². The van der Waals surface area contributed by atoms with Crippen molar-refractivity contribution in [2.24, 2.45) is 0 Å². The first-order chi connectivity index (χ1) is 8.74. The SMILES string of the molecule is CCn1ccnc1CN1CCOC(C(=O)OC)C1. The Bertz CT molecular complexity index is 405. The molecule has 18 heavy (non-hydrogen) atoms. The van der Waals surface area contributed by atoms with Gasteiger partial charge in [-0.05, 0) is 6.92 Å². The van der Waals surface area contributed by atoms with Gasteiger partial charge in [-0.2, -0.15) is 0 Å². The molecule has 2 rings (SSSR count). The second-order valence-corrected chi connectivity index (χ2v) is 4.25. The summed E-state index contributed by atoms with van der Waals surface area (Å²) in [6.45, 7) is 5.64. The van der Waals surface area contributed by atoms with Crippen LogP contribution in [0.2, 0.25) is 0 Å². The van der Waals surface area contributed by atoms with E-state index in [4.69, 9.17) is 9.47 Å². The zero-order valence-corrected chi connectivity index (χ0v) is 10.8. The fourth-order valence-electron chi connectivity index (χ4n) is 2.10. The summed E-state index contributed by atoms with van der Waals surface area (Å²) in [4.78, 5) is 17.9. The minimum atomic E-state index is -0.478. The zero-order chi connectivity index (χ0) is 13.0. The highest BCUT2D eigenvalue weighted by atomic mass is 16.6. The van der Waals surface area contributed by atoms with Crippen molar-refractivity contribution in [2.45, 2.75) is 26.1 Å². The number of aromatic nitrogens is 2. The second kappa shape index (κ2) is 5.97. The summed E-state index contributed by atoms with van der Waals surface area (Å²) in [5.41, 5.74) is 0. The van der Waals surface area contributed by atoms with Crippen LogP contribution in [0.15, 0.2) is 12.4 Å². The van der Waals surface area contributed by atoms with Gasteiger partial charge in [-0.15, -0.1) is 0 Å². The van der Waals surface area contributed by atoms with Gasteiger partial charge in [0.1, 0.15) is 5.82 Å². The Morgan fingerprint density at radius 2 is 2.50 bits per heavy atom. The molecule has 0 radical (unpaired) electrons. The van der Waals surface area contributed by atoms with Gasteiger partial charge in [0.05, 0.1) is 20.3 Å². The van der Waals surface area contributed by atoms with Crippen LogP contribution in [-0.2, 0) is 27.4 Å². The number of methoxy groups -OCH3 is 1. The van der Waals surface area contributed by atoms with Gasteiger partial charge in [0.15, 0.2) is 6.10 Å². The Labute approximate surface area is 106 Å². The van der Waals surface area contributed by atoms with E-state index in [0.29, 0.717) is 13.2 Å². The van der Waals surface area contributed by atoms with E-state index < -0.39 is 6.10 Å². The van der Waals surface area contributed by atoms with Gasteiger partial charge in [0.25, 0.3) is 0 Å². The number of hydrogen-bond donors (Lipinski definition) is 0. The smallest absolute Gasteiger partial charge is 0.336 e. The summed E-state index contributed by atoms with van der Waals surface area (Å²) < 4.78 is 12.2. The van der Waals surface area contributed by atoms with E-state index in [2.05, 4.69) is 21.4 Å². The number of aryl methyl sites for hydroxylation is 1. The standard InChI is InChI=1S/C12H19N3O3/c1-3-15-5-4-13-11(15)9-14-6-7-18-10(8-14)12(16)17-2/h4-5,10H,3,6-9H2,1-2H3. The van der Waals surface area contributed by atoms with Gasteiger partial charge in [-0.25, -0.2) is 9.78 Å². The number of carbonyl (C=O) groups excluding carboxylic acids is 1. The van der Waals surface area contributed by atoms with Crippen molar-refractivity contribution in [1.29, 1.82) is 0 Å². The molecule has 6 nitrogen and oxygen atoms in total. The minimum Gasteiger partial charge on any atom is -0.467 e. The fraction of sp³-hybridized carbons (Fsp3) is 0.667. The normalized spacial score (nSPS) is 20.9. The molecule has 1 aromatic heterocycles. The molecule has 1 atom stereocenters. The van der Waals surface area contributed by atoms with Gasteiger partial charge in [0, 0.05) is 32.0 Å². The molecule has 100 valence electrons. The van der Waals surface area contributed by atoms with Crippen molar-refractivity contribution in [2.75, 3.05) is 26.8 Å². The summed E-state index contributed by atoms with van der Waals surface area (Å²) in [5.74, 6) is 0.710. The molecule has 0 spiro atoms. The van der Waals surface area contributed by atoms with Crippen LogP contribution in [0, 0.1) is 0 Å². The molecule has 0 aliphatic carbocycles. The summed E-state index contributed by atoms with van der Waals surface area (Å²) in [7, 11) is 1.38. The summed E-state index contributed by atoms with van der Waals surface area (Å²) >= 11 is 0. The Morgan fingerprint density at radius 1 is 1.67 bits per heavy atom. The molecule has 0 amide bonds. The number of imidazole rings is 1. The highest BCUT2D eigenvalue weighted by Gasteiger charge is 2.27. The lowest BCUT2D eigenvalue weighted by atomic mass is 10.2. The number of nitrogens with zero attached hydrogens (tertiary/aromatic N) is 3. The first-order valence-electron chi connectivity index (χ1n) is 6.16. The van der Waals surface area contributed by atoms with Crippen molar-refractivity contribution < 1.29 is 14.3 Å². The van der Waals surface area contributed by atoms with Crippen LogP contribution in [0.5, 0.6) is 0 Å². The van der Waals surface area contributed by atoms with Crippen LogP contribution in [0.3, 0.4) is 0 Å². The molecule has 1 fully saturated rings.